The number of carbonyl (C=O) groups is 1. The number of hydrogen-bond acceptors (Lipinski definition) is 3. The maximum atomic E-state index is 12.5. The van der Waals surface area contributed by atoms with Gasteiger partial charge in [-0.05, 0) is 31.5 Å². The lowest BCUT2D eigenvalue weighted by Gasteiger charge is -2.24. The summed E-state index contributed by atoms with van der Waals surface area (Å²) >= 11 is 5.97. The number of rotatable bonds is 5. The lowest BCUT2D eigenvalue weighted by atomic mass is 10.1. The fourth-order valence-corrected chi connectivity index (χ4v) is 2.37. The number of carbonyl (C=O) groups excluding carboxylic acids is 1. The molecule has 0 aliphatic carbocycles. The van der Waals surface area contributed by atoms with Crippen LogP contribution in [-0.4, -0.2) is 34.0 Å². The first-order chi connectivity index (χ1) is 10.5. The summed E-state index contributed by atoms with van der Waals surface area (Å²) in [5, 5.41) is 10.5. The molecule has 2 aromatic rings. The number of halogens is 1. The zero-order chi connectivity index (χ0) is 16.1. The van der Waals surface area contributed by atoms with E-state index in [1.807, 2.05) is 38.1 Å². The quantitative estimate of drug-likeness (QED) is 0.861. The number of aliphatic hydroxyl groups is 1. The van der Waals surface area contributed by atoms with Crippen molar-refractivity contribution in [2.75, 3.05) is 13.1 Å². The van der Waals surface area contributed by atoms with Crippen LogP contribution in [0.2, 0.25) is 5.15 Å². The second-order valence-corrected chi connectivity index (χ2v) is 5.47. The van der Waals surface area contributed by atoms with E-state index in [0.717, 1.165) is 11.1 Å². The number of likely N-dealkylation sites (N-methyl/N-ethyl adjacent to an activating group) is 1. The van der Waals surface area contributed by atoms with Crippen molar-refractivity contribution in [1.82, 2.24) is 9.88 Å². The molecule has 1 N–H and O–H groups in total. The number of nitrogens with zero attached hydrogens (tertiary/aromatic N) is 2. The second-order valence-electron chi connectivity index (χ2n) is 5.11. The summed E-state index contributed by atoms with van der Waals surface area (Å²) in [6, 6.07) is 10.9. The predicted molar refractivity (Wildman–Crippen MR) is 87.0 cm³/mol. The van der Waals surface area contributed by atoms with E-state index in [1.54, 1.807) is 17.0 Å². The van der Waals surface area contributed by atoms with Gasteiger partial charge in [0, 0.05) is 12.7 Å². The molecule has 0 saturated heterocycles. The van der Waals surface area contributed by atoms with Crippen LogP contribution in [-0.2, 0) is 0 Å². The van der Waals surface area contributed by atoms with E-state index in [1.165, 1.54) is 6.20 Å². The molecule has 0 spiro atoms. The van der Waals surface area contributed by atoms with Crippen molar-refractivity contribution < 1.29 is 9.90 Å². The minimum atomic E-state index is -0.736. The molecule has 1 unspecified atom stereocenters. The summed E-state index contributed by atoms with van der Waals surface area (Å²) in [6.07, 6.45) is 0.802. The Morgan fingerprint density at radius 2 is 2.00 bits per heavy atom. The molecule has 1 atom stereocenters. The third-order valence-electron chi connectivity index (χ3n) is 3.51. The highest BCUT2D eigenvalue weighted by atomic mass is 35.5. The predicted octanol–water partition coefficient (Wildman–Crippen LogP) is 3.24. The molecule has 4 nitrogen and oxygen atoms in total. The Balaban J connectivity index is 2.13. The summed E-state index contributed by atoms with van der Waals surface area (Å²) in [5.41, 5.74) is 2.26. The summed E-state index contributed by atoms with van der Waals surface area (Å²) in [7, 11) is 0. The summed E-state index contributed by atoms with van der Waals surface area (Å²) in [5.74, 6) is -0.230. The first-order valence-corrected chi connectivity index (χ1v) is 7.55. The summed E-state index contributed by atoms with van der Waals surface area (Å²) in [4.78, 5) is 18.0. The monoisotopic (exact) mass is 318 g/mol. The molecule has 0 aliphatic heterocycles. The molecular formula is C17H19ClN2O2. The number of aliphatic hydroxyl groups excluding tert-OH is 1. The van der Waals surface area contributed by atoms with E-state index >= 15 is 0 Å². The number of aromatic nitrogens is 1. The van der Waals surface area contributed by atoms with Crippen molar-refractivity contribution >= 4 is 17.5 Å². The van der Waals surface area contributed by atoms with Crippen LogP contribution in [0.15, 0.2) is 42.6 Å². The zero-order valence-corrected chi connectivity index (χ0v) is 13.4. The summed E-state index contributed by atoms with van der Waals surface area (Å²) in [6.45, 7) is 4.54. The Kier molecular flexibility index (Phi) is 5.52. The smallest absolute Gasteiger partial charge is 0.257 e. The van der Waals surface area contributed by atoms with Gasteiger partial charge in [-0.25, -0.2) is 4.98 Å². The zero-order valence-electron chi connectivity index (χ0n) is 12.7. The average molecular weight is 319 g/mol. The molecule has 0 radical (unpaired) electrons. The first-order valence-electron chi connectivity index (χ1n) is 7.17. The minimum Gasteiger partial charge on any atom is -0.387 e. The number of hydrogen-bond donors (Lipinski definition) is 1. The lowest BCUT2D eigenvalue weighted by Crippen LogP contribution is -2.34. The molecule has 22 heavy (non-hydrogen) atoms. The number of benzene rings is 1. The minimum absolute atomic E-state index is 0.177. The van der Waals surface area contributed by atoms with Crippen molar-refractivity contribution in [3.05, 3.63) is 64.4 Å². The Hall–Kier alpha value is -1.91. The second kappa shape index (κ2) is 7.38. The molecule has 1 amide bonds. The summed E-state index contributed by atoms with van der Waals surface area (Å²) < 4.78 is 0. The van der Waals surface area contributed by atoms with Crippen LogP contribution in [0.25, 0.3) is 0 Å². The maximum absolute atomic E-state index is 12.5. The van der Waals surface area contributed by atoms with Gasteiger partial charge in [-0.3, -0.25) is 4.79 Å². The Morgan fingerprint density at radius 3 is 2.59 bits per heavy atom. The van der Waals surface area contributed by atoms with Gasteiger partial charge < -0.3 is 10.0 Å². The van der Waals surface area contributed by atoms with Gasteiger partial charge in [0.15, 0.2) is 0 Å². The van der Waals surface area contributed by atoms with E-state index in [-0.39, 0.29) is 17.6 Å². The van der Waals surface area contributed by atoms with Crippen LogP contribution >= 0.6 is 11.6 Å². The normalized spacial score (nSPS) is 12.0. The fourth-order valence-electron chi connectivity index (χ4n) is 2.17. The Labute approximate surface area is 135 Å². The molecule has 116 valence electrons. The molecule has 0 bridgehead atoms. The highest BCUT2D eigenvalue weighted by molar-refractivity contribution is 6.32. The van der Waals surface area contributed by atoms with Gasteiger partial charge in [-0.2, -0.15) is 0 Å². The van der Waals surface area contributed by atoms with Crippen LogP contribution < -0.4 is 0 Å². The van der Waals surface area contributed by atoms with Crippen LogP contribution in [0.3, 0.4) is 0 Å². The van der Waals surface area contributed by atoms with Gasteiger partial charge in [0.2, 0.25) is 0 Å². The van der Waals surface area contributed by atoms with Crippen LogP contribution in [0, 0.1) is 6.92 Å². The molecule has 5 heteroatoms. The highest BCUT2D eigenvalue weighted by Crippen LogP contribution is 2.19. The van der Waals surface area contributed by atoms with Crippen LogP contribution in [0.4, 0.5) is 0 Å². The number of pyridine rings is 1. The van der Waals surface area contributed by atoms with Crippen LogP contribution in [0.1, 0.15) is 34.5 Å². The van der Waals surface area contributed by atoms with Crippen molar-refractivity contribution in [2.24, 2.45) is 0 Å². The van der Waals surface area contributed by atoms with E-state index in [9.17, 15) is 9.90 Å². The van der Waals surface area contributed by atoms with Gasteiger partial charge in [-0.15, -0.1) is 0 Å². The molecule has 0 saturated carbocycles. The third kappa shape index (κ3) is 3.84. The standard InChI is InChI=1S/C17H19ClN2O2/c1-3-20(17(22)14-5-4-10-19-16(14)18)11-15(21)13-8-6-12(2)7-9-13/h4-10,15,21H,3,11H2,1-2H3. The van der Waals surface area contributed by atoms with E-state index < -0.39 is 6.10 Å². The topological polar surface area (TPSA) is 53.4 Å². The molecule has 1 heterocycles. The van der Waals surface area contributed by atoms with E-state index in [4.69, 9.17) is 11.6 Å². The molecule has 1 aromatic carbocycles. The van der Waals surface area contributed by atoms with Crippen molar-refractivity contribution in [3.63, 3.8) is 0 Å². The van der Waals surface area contributed by atoms with Crippen molar-refractivity contribution in [2.45, 2.75) is 20.0 Å². The Bertz CT molecular complexity index is 643. The first kappa shape index (κ1) is 16.5. The van der Waals surface area contributed by atoms with Gasteiger partial charge >= 0.3 is 0 Å². The van der Waals surface area contributed by atoms with Crippen molar-refractivity contribution in [1.29, 1.82) is 0 Å². The molecular weight excluding hydrogens is 300 g/mol. The number of aryl methyl sites for hydroxylation is 1. The highest BCUT2D eigenvalue weighted by Gasteiger charge is 2.20. The van der Waals surface area contributed by atoms with E-state index in [0.29, 0.717) is 12.1 Å². The largest absolute Gasteiger partial charge is 0.387 e. The van der Waals surface area contributed by atoms with Gasteiger partial charge in [-0.1, -0.05) is 41.4 Å². The molecule has 2 rings (SSSR count). The van der Waals surface area contributed by atoms with Gasteiger partial charge in [0.1, 0.15) is 5.15 Å². The molecule has 0 aliphatic rings. The molecule has 0 fully saturated rings. The maximum Gasteiger partial charge on any atom is 0.257 e. The average Bonchev–Trinajstić information content (AvgIpc) is 2.53. The SMILES string of the molecule is CCN(CC(O)c1ccc(C)cc1)C(=O)c1cccnc1Cl. The Morgan fingerprint density at radius 1 is 1.32 bits per heavy atom. The third-order valence-corrected chi connectivity index (χ3v) is 3.82. The fraction of sp³-hybridized carbons (Fsp3) is 0.294. The number of amides is 1. The van der Waals surface area contributed by atoms with Gasteiger partial charge in [0.25, 0.3) is 5.91 Å². The van der Waals surface area contributed by atoms with Crippen LogP contribution in [0.5, 0.6) is 0 Å². The van der Waals surface area contributed by atoms with Gasteiger partial charge in [0.05, 0.1) is 18.2 Å². The lowest BCUT2D eigenvalue weighted by molar-refractivity contribution is 0.0634. The van der Waals surface area contributed by atoms with Crippen molar-refractivity contribution in [3.8, 4) is 0 Å². The van der Waals surface area contributed by atoms with E-state index in [2.05, 4.69) is 4.98 Å². The molecule has 1 aromatic heterocycles.